The second-order valence-electron chi connectivity index (χ2n) is 7.12. The van der Waals surface area contributed by atoms with Crippen LogP contribution in [-0.2, 0) is 0 Å². The van der Waals surface area contributed by atoms with Crippen LogP contribution in [0.25, 0.3) is 16.5 Å². The summed E-state index contributed by atoms with van der Waals surface area (Å²) in [5.41, 5.74) is 2.73. The second-order valence-corrected chi connectivity index (χ2v) is 7.12. The van der Waals surface area contributed by atoms with Gasteiger partial charge in [-0.25, -0.2) is 0 Å². The summed E-state index contributed by atoms with van der Waals surface area (Å²) >= 11 is 0. The molecule has 3 aromatic carbocycles. The molecule has 0 atom stereocenters. The van der Waals surface area contributed by atoms with Gasteiger partial charge in [-0.3, -0.25) is 14.2 Å². The average Bonchev–Trinajstić information content (AvgIpc) is 2.79. The summed E-state index contributed by atoms with van der Waals surface area (Å²) in [6.45, 7) is 1.97. The second kappa shape index (κ2) is 7.87. The Bertz CT molecular complexity index is 1310. The minimum absolute atomic E-state index is 0.183. The number of aryl methyl sites for hydroxylation is 1. The highest BCUT2D eigenvalue weighted by molar-refractivity contribution is 6.13. The molecule has 4 aromatic rings. The van der Waals surface area contributed by atoms with Crippen molar-refractivity contribution in [1.29, 1.82) is 0 Å². The van der Waals surface area contributed by atoms with Crippen LogP contribution in [0.2, 0.25) is 0 Å². The van der Waals surface area contributed by atoms with Crippen molar-refractivity contribution < 1.29 is 9.53 Å². The maximum Gasteiger partial charge on any atom is 0.262 e. The molecule has 0 unspecified atom stereocenters. The van der Waals surface area contributed by atoms with Crippen molar-refractivity contribution in [2.45, 2.75) is 6.92 Å². The van der Waals surface area contributed by atoms with Gasteiger partial charge in [0.15, 0.2) is 0 Å². The number of pyridine rings is 1. The molecule has 0 saturated carbocycles. The first-order chi connectivity index (χ1) is 14.5. The van der Waals surface area contributed by atoms with Crippen LogP contribution in [0, 0.1) is 6.92 Å². The molecular formula is C25H22N2O3. The molecule has 1 aromatic heterocycles. The van der Waals surface area contributed by atoms with Gasteiger partial charge in [0.2, 0.25) is 0 Å². The van der Waals surface area contributed by atoms with Crippen molar-refractivity contribution in [2.24, 2.45) is 0 Å². The third-order valence-corrected chi connectivity index (χ3v) is 5.27. The molecule has 30 heavy (non-hydrogen) atoms. The molecular weight excluding hydrogens is 376 g/mol. The standard InChI is InChI=1S/C25H22N2O3/c1-17-9-4-7-14-23(17)26(2)24(28)22-16-27(18-10-8-11-19(15-18)30-3)25(29)21-13-6-5-12-20(21)22/h4-16H,1-3H3. The number of nitrogens with zero attached hydrogens (tertiary/aromatic N) is 2. The first-order valence-electron chi connectivity index (χ1n) is 9.64. The highest BCUT2D eigenvalue weighted by Gasteiger charge is 2.20. The fourth-order valence-electron chi connectivity index (χ4n) is 3.64. The lowest BCUT2D eigenvalue weighted by Gasteiger charge is -2.21. The Labute approximate surface area is 174 Å². The Morgan fingerprint density at radius 3 is 2.37 bits per heavy atom. The minimum atomic E-state index is -0.186. The van der Waals surface area contributed by atoms with Gasteiger partial charge in [-0.2, -0.15) is 0 Å². The predicted molar refractivity (Wildman–Crippen MR) is 120 cm³/mol. The van der Waals surface area contributed by atoms with Crippen LogP contribution in [0.3, 0.4) is 0 Å². The number of rotatable bonds is 4. The largest absolute Gasteiger partial charge is 0.497 e. The number of methoxy groups -OCH3 is 1. The van der Waals surface area contributed by atoms with E-state index in [1.807, 2.05) is 61.5 Å². The highest BCUT2D eigenvalue weighted by atomic mass is 16.5. The average molecular weight is 398 g/mol. The molecule has 0 aliphatic heterocycles. The van der Waals surface area contributed by atoms with Crippen LogP contribution in [0.5, 0.6) is 5.75 Å². The van der Waals surface area contributed by atoms with Gasteiger partial charge in [0.1, 0.15) is 5.75 Å². The van der Waals surface area contributed by atoms with Gasteiger partial charge < -0.3 is 9.64 Å². The third kappa shape index (κ3) is 3.35. The minimum Gasteiger partial charge on any atom is -0.497 e. The van der Waals surface area contributed by atoms with E-state index in [1.54, 1.807) is 43.5 Å². The third-order valence-electron chi connectivity index (χ3n) is 5.27. The molecule has 0 N–H and O–H groups in total. The van der Waals surface area contributed by atoms with Crippen LogP contribution in [0.1, 0.15) is 15.9 Å². The normalized spacial score (nSPS) is 10.8. The zero-order valence-electron chi connectivity index (χ0n) is 17.1. The number of amides is 1. The molecule has 0 spiro atoms. The lowest BCUT2D eigenvalue weighted by molar-refractivity contribution is 0.0994. The molecule has 0 aliphatic carbocycles. The molecule has 0 saturated heterocycles. The van der Waals surface area contributed by atoms with E-state index in [0.717, 1.165) is 11.3 Å². The zero-order valence-corrected chi connectivity index (χ0v) is 17.1. The summed E-state index contributed by atoms with van der Waals surface area (Å²) in [4.78, 5) is 28.3. The first kappa shape index (κ1) is 19.5. The number of carbonyl (C=O) groups excluding carboxylic acids is 1. The van der Waals surface area contributed by atoms with E-state index in [1.165, 1.54) is 4.57 Å². The number of para-hydroxylation sites is 1. The van der Waals surface area contributed by atoms with E-state index in [4.69, 9.17) is 4.74 Å². The summed E-state index contributed by atoms with van der Waals surface area (Å²) in [7, 11) is 3.33. The van der Waals surface area contributed by atoms with Crippen LogP contribution >= 0.6 is 0 Å². The Morgan fingerprint density at radius 2 is 1.63 bits per heavy atom. The van der Waals surface area contributed by atoms with E-state index in [2.05, 4.69) is 0 Å². The maximum absolute atomic E-state index is 13.5. The van der Waals surface area contributed by atoms with Crippen molar-refractivity contribution in [1.82, 2.24) is 4.57 Å². The van der Waals surface area contributed by atoms with E-state index in [9.17, 15) is 9.59 Å². The number of hydrogen-bond donors (Lipinski definition) is 0. The predicted octanol–water partition coefficient (Wildman–Crippen LogP) is 4.58. The lowest BCUT2D eigenvalue weighted by Crippen LogP contribution is -2.29. The lowest BCUT2D eigenvalue weighted by atomic mass is 10.1. The zero-order chi connectivity index (χ0) is 21.3. The summed E-state index contributed by atoms with van der Waals surface area (Å²) in [5.74, 6) is 0.453. The number of fused-ring (bicyclic) bond motifs is 1. The quantitative estimate of drug-likeness (QED) is 0.505. The highest BCUT2D eigenvalue weighted by Crippen LogP contribution is 2.24. The van der Waals surface area contributed by atoms with E-state index in [-0.39, 0.29) is 11.5 Å². The van der Waals surface area contributed by atoms with Gasteiger partial charge in [0.25, 0.3) is 11.5 Å². The van der Waals surface area contributed by atoms with Crippen molar-refractivity contribution in [3.63, 3.8) is 0 Å². The van der Waals surface area contributed by atoms with Gasteiger partial charge >= 0.3 is 0 Å². The monoisotopic (exact) mass is 398 g/mol. The molecule has 1 heterocycles. The fraction of sp³-hybridized carbons (Fsp3) is 0.120. The molecule has 150 valence electrons. The van der Waals surface area contributed by atoms with Crippen LogP contribution in [-0.4, -0.2) is 24.6 Å². The molecule has 4 rings (SSSR count). The molecule has 5 nitrogen and oxygen atoms in total. The number of carbonyl (C=O) groups is 1. The summed E-state index contributed by atoms with van der Waals surface area (Å²) < 4.78 is 6.80. The van der Waals surface area contributed by atoms with E-state index < -0.39 is 0 Å². The fourth-order valence-corrected chi connectivity index (χ4v) is 3.64. The number of benzene rings is 3. The number of hydrogen-bond acceptors (Lipinski definition) is 3. The Hall–Kier alpha value is -3.86. The topological polar surface area (TPSA) is 51.5 Å². The van der Waals surface area contributed by atoms with Crippen molar-refractivity contribution in [2.75, 3.05) is 19.1 Å². The van der Waals surface area contributed by atoms with E-state index >= 15 is 0 Å². The van der Waals surface area contributed by atoms with E-state index in [0.29, 0.717) is 27.8 Å². The molecule has 1 amide bonds. The number of ether oxygens (including phenoxy) is 1. The Balaban J connectivity index is 1.93. The van der Waals surface area contributed by atoms with Crippen LogP contribution in [0.4, 0.5) is 5.69 Å². The smallest absolute Gasteiger partial charge is 0.262 e. The molecule has 0 radical (unpaired) electrons. The molecule has 0 bridgehead atoms. The summed E-state index contributed by atoms with van der Waals surface area (Å²) in [6, 6.07) is 22.1. The van der Waals surface area contributed by atoms with Crippen molar-refractivity contribution in [3.8, 4) is 11.4 Å². The van der Waals surface area contributed by atoms with Gasteiger partial charge in [-0.05, 0) is 36.8 Å². The van der Waals surface area contributed by atoms with Gasteiger partial charge in [-0.1, -0.05) is 42.5 Å². The molecule has 0 aliphatic rings. The SMILES string of the molecule is COc1cccc(-n2cc(C(=O)N(C)c3ccccc3C)c3ccccc3c2=O)c1. The van der Waals surface area contributed by atoms with Crippen molar-refractivity contribution >= 4 is 22.4 Å². The Kier molecular flexibility index (Phi) is 5.11. The number of anilines is 1. The maximum atomic E-state index is 13.5. The Morgan fingerprint density at radius 1 is 0.933 bits per heavy atom. The van der Waals surface area contributed by atoms with Gasteiger partial charge in [-0.15, -0.1) is 0 Å². The van der Waals surface area contributed by atoms with Gasteiger partial charge in [0.05, 0.1) is 18.4 Å². The summed E-state index contributed by atoms with van der Waals surface area (Å²) in [6.07, 6.45) is 1.62. The van der Waals surface area contributed by atoms with Gasteiger partial charge in [0, 0.05) is 35.8 Å². The number of aromatic nitrogens is 1. The van der Waals surface area contributed by atoms with Crippen molar-refractivity contribution in [3.05, 3.63) is 100 Å². The molecule has 5 heteroatoms. The van der Waals surface area contributed by atoms with Crippen LogP contribution in [0.15, 0.2) is 83.8 Å². The van der Waals surface area contributed by atoms with Crippen LogP contribution < -0.4 is 15.2 Å². The summed E-state index contributed by atoms with van der Waals surface area (Å²) in [5, 5.41) is 1.12. The molecule has 0 fully saturated rings. The first-order valence-corrected chi connectivity index (χ1v) is 9.64.